The first-order valence-electron chi connectivity index (χ1n) is 10.5. The fourth-order valence-electron chi connectivity index (χ4n) is 4.33. The van der Waals surface area contributed by atoms with Crippen molar-refractivity contribution in [3.05, 3.63) is 41.0 Å². The Kier molecular flexibility index (Phi) is 4.75. The van der Waals surface area contributed by atoms with E-state index in [9.17, 15) is 18.0 Å². The minimum Gasteiger partial charge on any atom is -0.356 e. The number of anilines is 2. The van der Waals surface area contributed by atoms with Gasteiger partial charge in [-0.3, -0.25) is 4.79 Å². The lowest BCUT2D eigenvalue weighted by atomic mass is 9.95. The van der Waals surface area contributed by atoms with Crippen molar-refractivity contribution in [1.29, 1.82) is 0 Å². The number of aryl methyl sites for hydroxylation is 1. The van der Waals surface area contributed by atoms with E-state index in [1.165, 1.54) is 6.07 Å². The number of pyridine rings is 1. The third kappa shape index (κ3) is 3.79. The van der Waals surface area contributed by atoms with Crippen LogP contribution in [0.4, 0.5) is 24.8 Å². The zero-order valence-corrected chi connectivity index (χ0v) is 17.2. The summed E-state index contributed by atoms with van der Waals surface area (Å²) >= 11 is 0. The van der Waals surface area contributed by atoms with E-state index in [1.54, 1.807) is 0 Å². The predicted molar refractivity (Wildman–Crippen MR) is 107 cm³/mol. The third-order valence-corrected chi connectivity index (χ3v) is 6.20. The Balaban J connectivity index is 1.17. The molecule has 0 N–H and O–H groups in total. The van der Waals surface area contributed by atoms with Gasteiger partial charge in [0.25, 0.3) is 0 Å². The molecule has 2 aromatic heterocycles. The molecule has 0 saturated carbocycles. The summed E-state index contributed by atoms with van der Waals surface area (Å²) < 4.78 is 38.0. The summed E-state index contributed by atoms with van der Waals surface area (Å²) in [6.45, 7) is 6.14. The number of carbonyl (C=O) groups is 1. The molecule has 3 aliphatic rings. The summed E-state index contributed by atoms with van der Waals surface area (Å²) in [4.78, 5) is 31.9. The zero-order valence-electron chi connectivity index (χ0n) is 17.2. The highest BCUT2D eigenvalue weighted by Gasteiger charge is 2.36. The highest BCUT2D eigenvalue weighted by atomic mass is 19.4. The molecule has 3 aliphatic heterocycles. The van der Waals surface area contributed by atoms with Gasteiger partial charge in [0, 0.05) is 50.3 Å². The van der Waals surface area contributed by atoms with Gasteiger partial charge in [-0.15, -0.1) is 0 Å². The Hall–Kier alpha value is -2.91. The molecule has 7 nitrogen and oxygen atoms in total. The Morgan fingerprint density at radius 1 is 1.13 bits per heavy atom. The Morgan fingerprint density at radius 2 is 1.90 bits per heavy atom. The smallest absolute Gasteiger partial charge is 0.356 e. The summed E-state index contributed by atoms with van der Waals surface area (Å²) in [5.41, 5.74) is 1.24. The van der Waals surface area contributed by atoms with Crippen molar-refractivity contribution in [1.82, 2.24) is 19.9 Å². The van der Waals surface area contributed by atoms with Crippen molar-refractivity contribution in [2.75, 3.05) is 36.0 Å². The second kappa shape index (κ2) is 7.35. The second-order valence-corrected chi connectivity index (χ2v) is 8.49. The largest absolute Gasteiger partial charge is 0.417 e. The summed E-state index contributed by atoms with van der Waals surface area (Å²) in [7, 11) is 0. The Bertz CT molecular complexity index is 999. The molecule has 5 rings (SSSR count). The lowest BCUT2D eigenvalue weighted by Gasteiger charge is -2.40. The van der Waals surface area contributed by atoms with E-state index in [0.29, 0.717) is 38.4 Å². The highest BCUT2D eigenvalue weighted by Crippen LogP contribution is 2.34. The molecule has 2 aromatic rings. The van der Waals surface area contributed by atoms with E-state index in [4.69, 9.17) is 0 Å². The van der Waals surface area contributed by atoms with E-state index in [2.05, 4.69) is 19.9 Å². The molecule has 1 amide bonds. The van der Waals surface area contributed by atoms with Crippen LogP contribution in [0.25, 0.3) is 0 Å². The van der Waals surface area contributed by atoms with Gasteiger partial charge in [-0.2, -0.15) is 13.2 Å². The molecule has 31 heavy (non-hydrogen) atoms. The van der Waals surface area contributed by atoms with Gasteiger partial charge in [-0.05, 0) is 25.5 Å². The molecular formula is C21H23F3N6O. The first-order valence-corrected chi connectivity index (χ1v) is 10.5. The molecule has 0 spiro atoms. The van der Waals surface area contributed by atoms with Crippen molar-refractivity contribution in [2.45, 2.75) is 39.0 Å². The average molecular weight is 432 g/mol. The molecule has 0 bridgehead atoms. The molecule has 5 heterocycles. The number of nitrogens with zero attached hydrogens (tertiary/aromatic N) is 6. The van der Waals surface area contributed by atoms with Crippen molar-refractivity contribution >= 4 is 17.5 Å². The maximum Gasteiger partial charge on any atom is 0.417 e. The quantitative estimate of drug-likeness (QED) is 0.740. The molecule has 0 radical (unpaired) electrons. The lowest BCUT2D eigenvalue weighted by Crippen LogP contribution is -2.49. The number of alkyl halides is 3. The molecule has 0 aromatic carbocycles. The third-order valence-electron chi connectivity index (χ3n) is 6.20. The van der Waals surface area contributed by atoms with Crippen LogP contribution in [-0.2, 0) is 24.1 Å². The van der Waals surface area contributed by atoms with Crippen LogP contribution in [0.1, 0.15) is 35.5 Å². The summed E-state index contributed by atoms with van der Waals surface area (Å²) in [5, 5.41) is 0. The zero-order chi connectivity index (χ0) is 21.8. The number of amides is 1. The maximum atomic E-state index is 12.9. The van der Waals surface area contributed by atoms with E-state index < -0.39 is 11.7 Å². The summed E-state index contributed by atoms with van der Waals surface area (Å²) in [5.74, 6) is 2.45. The maximum absolute atomic E-state index is 12.9. The molecule has 2 fully saturated rings. The Labute approximate surface area is 177 Å². The predicted octanol–water partition coefficient (Wildman–Crippen LogP) is 2.78. The van der Waals surface area contributed by atoms with E-state index in [0.717, 1.165) is 54.7 Å². The van der Waals surface area contributed by atoms with Gasteiger partial charge in [0.15, 0.2) is 0 Å². The van der Waals surface area contributed by atoms with Crippen molar-refractivity contribution in [2.24, 2.45) is 5.92 Å². The average Bonchev–Trinajstić information content (AvgIpc) is 3.06. The van der Waals surface area contributed by atoms with Crippen LogP contribution in [0, 0.1) is 12.8 Å². The topological polar surface area (TPSA) is 65.5 Å². The standard InChI is InChI=1S/C21H23F3N6O/c1-13-26-17-12-30(11-16(17)20(27-13)28-5-2-6-28)19(31)7-14-9-29(10-14)18-4-3-15(8-25-18)21(22,23)24/h3-4,8,14H,2,5-7,9-12H2,1H3. The molecule has 0 unspecified atom stereocenters. The number of rotatable bonds is 4. The SMILES string of the molecule is Cc1nc2c(c(N3CCC3)n1)CN(C(=O)CC1CN(c3ccc(C(F)(F)F)cn3)C1)C2. The lowest BCUT2D eigenvalue weighted by molar-refractivity contribution is -0.138. The first kappa shape index (κ1) is 20.0. The first-order chi connectivity index (χ1) is 14.8. The molecule has 164 valence electrons. The fraction of sp³-hybridized carbons (Fsp3) is 0.524. The number of hydrogen-bond acceptors (Lipinski definition) is 6. The van der Waals surface area contributed by atoms with Crippen LogP contribution < -0.4 is 9.80 Å². The van der Waals surface area contributed by atoms with Gasteiger partial charge in [0.2, 0.25) is 5.91 Å². The van der Waals surface area contributed by atoms with Crippen molar-refractivity contribution < 1.29 is 18.0 Å². The number of carbonyl (C=O) groups excluding carboxylic acids is 1. The summed E-state index contributed by atoms with van der Waals surface area (Å²) in [6, 6.07) is 2.43. The van der Waals surface area contributed by atoms with Gasteiger partial charge in [0.05, 0.1) is 24.3 Å². The minimum absolute atomic E-state index is 0.0789. The van der Waals surface area contributed by atoms with E-state index in [-0.39, 0.29) is 11.8 Å². The molecule has 2 saturated heterocycles. The second-order valence-electron chi connectivity index (χ2n) is 8.49. The summed E-state index contributed by atoms with van der Waals surface area (Å²) in [6.07, 6.45) is -1.96. The van der Waals surface area contributed by atoms with Crippen LogP contribution in [0.5, 0.6) is 0 Å². The van der Waals surface area contributed by atoms with Gasteiger partial charge < -0.3 is 14.7 Å². The molecule has 0 aliphatic carbocycles. The van der Waals surface area contributed by atoms with Gasteiger partial charge in [0.1, 0.15) is 17.5 Å². The normalized spacial score (nSPS) is 18.6. The van der Waals surface area contributed by atoms with Crippen LogP contribution in [-0.4, -0.2) is 51.9 Å². The molecule has 10 heteroatoms. The minimum atomic E-state index is -4.39. The number of fused-ring (bicyclic) bond motifs is 1. The van der Waals surface area contributed by atoms with Crippen molar-refractivity contribution in [3.8, 4) is 0 Å². The number of hydrogen-bond donors (Lipinski definition) is 0. The highest BCUT2D eigenvalue weighted by molar-refractivity contribution is 5.78. The number of aromatic nitrogens is 3. The van der Waals surface area contributed by atoms with Gasteiger partial charge in [-0.25, -0.2) is 15.0 Å². The van der Waals surface area contributed by atoms with Crippen LogP contribution in [0.2, 0.25) is 0 Å². The Morgan fingerprint density at radius 3 is 2.52 bits per heavy atom. The van der Waals surface area contributed by atoms with Gasteiger partial charge >= 0.3 is 6.18 Å². The van der Waals surface area contributed by atoms with E-state index >= 15 is 0 Å². The fourth-order valence-corrected chi connectivity index (χ4v) is 4.33. The monoisotopic (exact) mass is 432 g/mol. The van der Waals surface area contributed by atoms with E-state index in [1.807, 2.05) is 16.7 Å². The van der Waals surface area contributed by atoms with Crippen LogP contribution in [0.3, 0.4) is 0 Å². The number of halogens is 3. The van der Waals surface area contributed by atoms with Gasteiger partial charge in [-0.1, -0.05) is 0 Å². The van der Waals surface area contributed by atoms with Crippen LogP contribution in [0.15, 0.2) is 18.3 Å². The van der Waals surface area contributed by atoms with Crippen LogP contribution >= 0.6 is 0 Å². The van der Waals surface area contributed by atoms with Crippen molar-refractivity contribution in [3.63, 3.8) is 0 Å². The molecule has 0 atom stereocenters. The molecular weight excluding hydrogens is 409 g/mol.